The van der Waals surface area contributed by atoms with Gasteiger partial charge in [-0.1, -0.05) is 12.8 Å². The molecule has 0 unspecified atom stereocenters. The number of aryl methyl sites for hydroxylation is 1. The fraction of sp³-hybridized carbons (Fsp3) is 0.600. The van der Waals surface area contributed by atoms with Gasteiger partial charge < -0.3 is 19.3 Å². The largest absolute Gasteiger partial charge is 0.480 e. The van der Waals surface area contributed by atoms with E-state index in [0.717, 1.165) is 37.0 Å². The van der Waals surface area contributed by atoms with Gasteiger partial charge in [0.25, 0.3) is 0 Å². The molecule has 0 saturated heterocycles. The molecule has 1 aromatic heterocycles. The van der Waals surface area contributed by atoms with Gasteiger partial charge in [-0.15, -0.1) is 0 Å². The molecule has 0 spiro atoms. The van der Waals surface area contributed by atoms with Crippen molar-refractivity contribution >= 4 is 12.0 Å². The Hall–Kier alpha value is -1.98. The van der Waals surface area contributed by atoms with E-state index >= 15 is 0 Å². The molecule has 1 saturated carbocycles. The Kier molecular flexibility index (Phi) is 4.88. The first-order chi connectivity index (χ1) is 9.99. The van der Waals surface area contributed by atoms with Crippen LogP contribution in [0.15, 0.2) is 16.7 Å². The number of carboxylic acid groups (broad SMARTS) is 1. The molecule has 0 radical (unpaired) electrons. The van der Waals surface area contributed by atoms with Gasteiger partial charge in [0.2, 0.25) is 0 Å². The summed E-state index contributed by atoms with van der Waals surface area (Å²) in [6.45, 7) is 2.03. The zero-order chi connectivity index (χ0) is 15.4. The molecule has 2 rings (SSSR count). The third kappa shape index (κ3) is 3.77. The minimum absolute atomic E-state index is 0.0431. The monoisotopic (exact) mass is 294 g/mol. The van der Waals surface area contributed by atoms with Crippen molar-refractivity contribution in [2.75, 3.05) is 13.6 Å². The summed E-state index contributed by atoms with van der Waals surface area (Å²) in [4.78, 5) is 26.6. The standard InChI is InChI=1S/C15H22N2O4/c1-11-12(7-8-21-11)9-16(2)15(20)17(10-14(18)19)13-5-3-4-6-13/h7-8,13H,3-6,9-10H2,1-2H3,(H,18,19). The van der Waals surface area contributed by atoms with E-state index in [1.54, 1.807) is 18.2 Å². The second kappa shape index (κ2) is 6.65. The van der Waals surface area contributed by atoms with Gasteiger partial charge in [-0.3, -0.25) is 4.79 Å². The van der Waals surface area contributed by atoms with E-state index in [-0.39, 0.29) is 18.6 Å². The van der Waals surface area contributed by atoms with Crippen molar-refractivity contribution in [3.05, 3.63) is 23.7 Å². The van der Waals surface area contributed by atoms with Gasteiger partial charge >= 0.3 is 12.0 Å². The molecule has 1 heterocycles. The quantitative estimate of drug-likeness (QED) is 0.905. The lowest BCUT2D eigenvalue weighted by Gasteiger charge is -2.31. The van der Waals surface area contributed by atoms with Gasteiger partial charge in [0.05, 0.1) is 12.8 Å². The molecule has 0 aromatic carbocycles. The van der Waals surface area contributed by atoms with Crippen molar-refractivity contribution in [2.45, 2.75) is 45.2 Å². The van der Waals surface area contributed by atoms with Crippen LogP contribution >= 0.6 is 0 Å². The van der Waals surface area contributed by atoms with Crippen molar-refractivity contribution in [1.82, 2.24) is 9.80 Å². The Bertz CT molecular complexity index is 506. The van der Waals surface area contributed by atoms with Crippen LogP contribution < -0.4 is 0 Å². The van der Waals surface area contributed by atoms with E-state index in [1.807, 2.05) is 13.0 Å². The SMILES string of the molecule is Cc1occc1CN(C)C(=O)N(CC(=O)O)C1CCCC1. The first-order valence-corrected chi connectivity index (χ1v) is 7.25. The molecule has 6 nitrogen and oxygen atoms in total. The highest BCUT2D eigenvalue weighted by Crippen LogP contribution is 2.24. The summed E-state index contributed by atoms with van der Waals surface area (Å²) in [5.41, 5.74) is 0.938. The predicted octanol–water partition coefficient (Wildman–Crippen LogP) is 2.47. The normalized spacial score (nSPS) is 15.1. The number of rotatable bonds is 5. The fourth-order valence-corrected chi connectivity index (χ4v) is 2.83. The summed E-state index contributed by atoms with van der Waals surface area (Å²) in [6.07, 6.45) is 5.47. The van der Waals surface area contributed by atoms with Gasteiger partial charge in [0.15, 0.2) is 0 Å². The van der Waals surface area contributed by atoms with Crippen molar-refractivity contribution in [3.63, 3.8) is 0 Å². The number of nitrogens with zero attached hydrogens (tertiary/aromatic N) is 2. The average molecular weight is 294 g/mol. The van der Waals surface area contributed by atoms with Crippen LogP contribution in [-0.4, -0.2) is 46.5 Å². The minimum atomic E-state index is -0.969. The van der Waals surface area contributed by atoms with E-state index in [9.17, 15) is 9.59 Å². The number of furan rings is 1. The van der Waals surface area contributed by atoms with E-state index in [1.165, 1.54) is 4.90 Å². The summed E-state index contributed by atoms with van der Waals surface area (Å²) >= 11 is 0. The number of hydrogen-bond donors (Lipinski definition) is 1. The van der Waals surface area contributed by atoms with E-state index in [0.29, 0.717) is 6.54 Å². The molecule has 1 N–H and O–H groups in total. The maximum atomic E-state index is 12.6. The average Bonchev–Trinajstić information content (AvgIpc) is 3.07. The molecule has 1 aromatic rings. The van der Waals surface area contributed by atoms with Gasteiger partial charge in [0, 0.05) is 18.7 Å². The highest BCUT2D eigenvalue weighted by atomic mass is 16.4. The zero-order valence-electron chi connectivity index (χ0n) is 12.5. The topological polar surface area (TPSA) is 74.0 Å². The third-order valence-electron chi connectivity index (χ3n) is 4.02. The molecular weight excluding hydrogens is 272 g/mol. The maximum absolute atomic E-state index is 12.6. The Balaban J connectivity index is 2.05. The van der Waals surface area contributed by atoms with Crippen LogP contribution in [0.3, 0.4) is 0 Å². The molecular formula is C15H22N2O4. The Morgan fingerprint density at radius 3 is 2.57 bits per heavy atom. The lowest BCUT2D eigenvalue weighted by molar-refractivity contribution is -0.138. The lowest BCUT2D eigenvalue weighted by Crippen LogP contribution is -2.48. The van der Waals surface area contributed by atoms with Crippen molar-refractivity contribution in [2.24, 2.45) is 0 Å². The number of carbonyl (C=O) groups excluding carboxylic acids is 1. The van der Waals surface area contributed by atoms with Crippen LogP contribution in [0.1, 0.15) is 37.0 Å². The van der Waals surface area contributed by atoms with Gasteiger partial charge in [0.1, 0.15) is 12.3 Å². The van der Waals surface area contributed by atoms with Crippen LogP contribution in [0, 0.1) is 6.92 Å². The second-order valence-electron chi connectivity index (χ2n) is 5.60. The van der Waals surface area contributed by atoms with E-state index in [4.69, 9.17) is 9.52 Å². The molecule has 6 heteroatoms. The molecule has 2 amide bonds. The molecule has 1 aliphatic rings. The summed E-state index contributed by atoms with van der Waals surface area (Å²) in [5, 5.41) is 9.05. The molecule has 1 fully saturated rings. The first kappa shape index (κ1) is 15.4. The minimum Gasteiger partial charge on any atom is -0.480 e. The molecule has 21 heavy (non-hydrogen) atoms. The van der Waals surface area contributed by atoms with Crippen LogP contribution in [0.5, 0.6) is 0 Å². The van der Waals surface area contributed by atoms with Gasteiger partial charge in [-0.05, 0) is 25.8 Å². The van der Waals surface area contributed by atoms with Crippen LogP contribution in [0.25, 0.3) is 0 Å². The Labute approximate surface area is 124 Å². The number of amides is 2. The Morgan fingerprint density at radius 1 is 1.38 bits per heavy atom. The highest BCUT2D eigenvalue weighted by Gasteiger charge is 2.30. The third-order valence-corrected chi connectivity index (χ3v) is 4.02. The lowest BCUT2D eigenvalue weighted by atomic mass is 10.2. The first-order valence-electron chi connectivity index (χ1n) is 7.25. The number of carboxylic acids is 1. The van der Waals surface area contributed by atoms with Crippen LogP contribution in [-0.2, 0) is 11.3 Å². The zero-order valence-corrected chi connectivity index (χ0v) is 12.5. The van der Waals surface area contributed by atoms with E-state index < -0.39 is 5.97 Å². The molecule has 0 aliphatic heterocycles. The number of carbonyl (C=O) groups is 2. The molecule has 1 aliphatic carbocycles. The summed E-state index contributed by atoms with van der Waals surface area (Å²) in [5.74, 6) is -0.191. The van der Waals surface area contributed by atoms with Gasteiger partial charge in [-0.25, -0.2) is 4.79 Å². The van der Waals surface area contributed by atoms with Crippen molar-refractivity contribution in [1.29, 1.82) is 0 Å². The number of aliphatic carboxylic acids is 1. The summed E-state index contributed by atoms with van der Waals surface area (Å²) in [6, 6.07) is 1.64. The molecule has 116 valence electrons. The van der Waals surface area contributed by atoms with Gasteiger partial charge in [-0.2, -0.15) is 0 Å². The highest BCUT2D eigenvalue weighted by molar-refractivity contribution is 5.80. The smallest absolute Gasteiger partial charge is 0.323 e. The predicted molar refractivity (Wildman–Crippen MR) is 76.9 cm³/mol. The van der Waals surface area contributed by atoms with Crippen LogP contribution in [0.2, 0.25) is 0 Å². The molecule has 0 bridgehead atoms. The van der Waals surface area contributed by atoms with Crippen LogP contribution in [0.4, 0.5) is 4.79 Å². The van der Waals surface area contributed by atoms with Crippen molar-refractivity contribution < 1.29 is 19.1 Å². The summed E-state index contributed by atoms with van der Waals surface area (Å²) < 4.78 is 5.22. The molecule has 0 atom stereocenters. The van der Waals surface area contributed by atoms with E-state index in [2.05, 4.69) is 0 Å². The number of urea groups is 1. The fourth-order valence-electron chi connectivity index (χ4n) is 2.83. The summed E-state index contributed by atoms with van der Waals surface area (Å²) in [7, 11) is 1.69. The maximum Gasteiger partial charge on any atom is 0.323 e. The van der Waals surface area contributed by atoms with Crippen molar-refractivity contribution in [3.8, 4) is 0 Å². The second-order valence-corrected chi connectivity index (χ2v) is 5.60. The Morgan fingerprint density at radius 2 is 2.05 bits per heavy atom. The number of hydrogen-bond acceptors (Lipinski definition) is 3.